The van der Waals surface area contributed by atoms with Gasteiger partial charge in [-0.05, 0) is 46.5 Å². The molecule has 2 aromatic carbocycles. The van der Waals surface area contributed by atoms with E-state index in [0.29, 0.717) is 5.69 Å². The third-order valence-corrected chi connectivity index (χ3v) is 4.45. The number of aldehydes is 1. The second-order valence-electron chi connectivity index (χ2n) is 5.81. The molecule has 2 heterocycles. The highest BCUT2D eigenvalue weighted by Gasteiger charge is 2.12. The van der Waals surface area contributed by atoms with Crippen molar-refractivity contribution in [3.63, 3.8) is 0 Å². The summed E-state index contributed by atoms with van der Waals surface area (Å²) < 4.78 is 2.00. The van der Waals surface area contributed by atoms with Crippen LogP contribution in [-0.2, 0) is 6.42 Å². The van der Waals surface area contributed by atoms with Crippen LogP contribution in [0.2, 0.25) is 0 Å². The van der Waals surface area contributed by atoms with Crippen LogP contribution in [0.5, 0.6) is 0 Å². The Morgan fingerprint density at radius 3 is 2.57 bits per heavy atom. The molecule has 0 fully saturated rings. The molecule has 0 spiro atoms. The molecule has 0 saturated carbocycles. The number of hydrogen-bond donors (Lipinski definition) is 0. The lowest BCUT2D eigenvalue weighted by atomic mass is 10.0. The summed E-state index contributed by atoms with van der Waals surface area (Å²) >= 11 is 0. The number of aromatic nitrogens is 1. The summed E-state index contributed by atoms with van der Waals surface area (Å²) in [4.78, 5) is 11.7. The van der Waals surface area contributed by atoms with Crippen molar-refractivity contribution >= 4 is 22.6 Å². The zero-order chi connectivity index (χ0) is 15.8. The minimum absolute atomic E-state index is 0.714. The number of carbonyl (C=O) groups excluding carboxylic acids is 1. The summed E-state index contributed by atoms with van der Waals surface area (Å²) in [6, 6.07) is 20.9. The van der Waals surface area contributed by atoms with E-state index in [-0.39, 0.29) is 0 Å². The highest BCUT2D eigenvalue weighted by molar-refractivity contribution is 5.94. The molecule has 23 heavy (non-hydrogen) atoms. The first-order chi connectivity index (χ1) is 11.3. The van der Waals surface area contributed by atoms with E-state index in [1.54, 1.807) is 0 Å². The van der Waals surface area contributed by atoms with Crippen LogP contribution in [0.1, 0.15) is 23.0 Å². The largest absolute Gasteiger partial charge is 0.313 e. The zero-order valence-corrected chi connectivity index (χ0v) is 13.0. The van der Waals surface area contributed by atoms with Gasteiger partial charge in [0, 0.05) is 17.3 Å². The molecular weight excluding hydrogens is 282 g/mol. The Kier molecular flexibility index (Phi) is 3.23. The first kappa shape index (κ1) is 13.8. The van der Waals surface area contributed by atoms with Crippen LogP contribution >= 0.6 is 0 Å². The number of pyridine rings is 1. The highest BCUT2D eigenvalue weighted by atomic mass is 16.1. The summed E-state index contributed by atoms with van der Waals surface area (Å²) in [5.41, 5.74) is 5.05. The van der Waals surface area contributed by atoms with Crippen molar-refractivity contribution < 1.29 is 4.79 Å². The quantitative estimate of drug-likeness (QED) is 0.480. The van der Waals surface area contributed by atoms with Crippen LogP contribution in [0.15, 0.2) is 66.9 Å². The van der Waals surface area contributed by atoms with Gasteiger partial charge in [0.2, 0.25) is 0 Å². The van der Waals surface area contributed by atoms with Crippen LogP contribution in [0, 0.1) is 0 Å². The van der Waals surface area contributed by atoms with Crippen LogP contribution < -0.4 is 0 Å². The molecule has 0 aliphatic carbocycles. The minimum Gasteiger partial charge on any atom is -0.313 e. The van der Waals surface area contributed by atoms with E-state index >= 15 is 0 Å². The number of nitrogens with zero attached hydrogens (tertiary/aromatic N) is 1. The third kappa shape index (κ3) is 2.23. The van der Waals surface area contributed by atoms with E-state index in [9.17, 15) is 4.79 Å². The predicted molar refractivity (Wildman–Crippen MR) is 95.1 cm³/mol. The number of hydrogen-bond acceptors (Lipinski definition) is 1. The normalized spacial score (nSPS) is 11.2. The Labute approximate surface area is 135 Å². The van der Waals surface area contributed by atoms with Crippen molar-refractivity contribution in [2.75, 3.05) is 0 Å². The summed E-state index contributed by atoms with van der Waals surface area (Å²) in [6.07, 6.45) is 3.97. The van der Waals surface area contributed by atoms with Gasteiger partial charge in [-0.15, -0.1) is 0 Å². The lowest BCUT2D eigenvalue weighted by molar-refractivity contribution is 0.111. The standard InChI is InChI=1S/C21H17NO/c1-2-15-7-10-19-12-20(21(14-23)22(19)13-15)18-9-8-16-5-3-4-6-17(16)11-18/h3-14H,2H2,1H3. The average molecular weight is 299 g/mol. The topological polar surface area (TPSA) is 21.5 Å². The molecule has 2 nitrogen and oxygen atoms in total. The monoisotopic (exact) mass is 299 g/mol. The van der Waals surface area contributed by atoms with E-state index in [2.05, 4.69) is 61.7 Å². The number of aryl methyl sites for hydroxylation is 1. The van der Waals surface area contributed by atoms with Crippen molar-refractivity contribution in [1.29, 1.82) is 0 Å². The molecule has 112 valence electrons. The van der Waals surface area contributed by atoms with Gasteiger partial charge in [0.05, 0.1) is 5.69 Å². The second kappa shape index (κ2) is 5.40. The Morgan fingerprint density at radius 2 is 1.78 bits per heavy atom. The maximum atomic E-state index is 11.7. The van der Waals surface area contributed by atoms with Crippen LogP contribution in [0.25, 0.3) is 27.4 Å². The van der Waals surface area contributed by atoms with Crippen LogP contribution in [0.4, 0.5) is 0 Å². The van der Waals surface area contributed by atoms with Gasteiger partial charge < -0.3 is 4.40 Å². The lowest BCUT2D eigenvalue weighted by Gasteiger charge is -2.04. The van der Waals surface area contributed by atoms with E-state index in [0.717, 1.165) is 29.4 Å². The molecule has 0 N–H and O–H groups in total. The van der Waals surface area contributed by atoms with Gasteiger partial charge in [-0.1, -0.05) is 49.4 Å². The van der Waals surface area contributed by atoms with Crippen molar-refractivity contribution in [2.24, 2.45) is 0 Å². The molecule has 0 radical (unpaired) electrons. The van der Waals surface area contributed by atoms with E-state index in [1.165, 1.54) is 16.3 Å². The van der Waals surface area contributed by atoms with Gasteiger partial charge >= 0.3 is 0 Å². The van der Waals surface area contributed by atoms with Gasteiger partial charge in [-0.25, -0.2) is 0 Å². The molecule has 0 aliphatic rings. The first-order valence-corrected chi connectivity index (χ1v) is 7.88. The van der Waals surface area contributed by atoms with Gasteiger partial charge in [-0.3, -0.25) is 4.79 Å². The predicted octanol–water partition coefficient (Wildman–Crippen LogP) is 5.13. The second-order valence-corrected chi connectivity index (χ2v) is 5.81. The summed E-state index contributed by atoms with van der Waals surface area (Å²) in [7, 11) is 0. The minimum atomic E-state index is 0.714. The number of rotatable bonds is 3. The number of benzene rings is 2. The fourth-order valence-corrected chi connectivity index (χ4v) is 3.15. The van der Waals surface area contributed by atoms with Gasteiger partial charge in [0.25, 0.3) is 0 Å². The molecule has 2 aromatic heterocycles. The Morgan fingerprint density at radius 1 is 0.957 bits per heavy atom. The third-order valence-electron chi connectivity index (χ3n) is 4.45. The maximum Gasteiger partial charge on any atom is 0.167 e. The molecule has 0 aliphatic heterocycles. The van der Waals surface area contributed by atoms with Crippen molar-refractivity contribution in [2.45, 2.75) is 13.3 Å². The summed E-state index contributed by atoms with van der Waals surface area (Å²) in [5.74, 6) is 0. The van der Waals surface area contributed by atoms with E-state index in [1.807, 2.05) is 16.5 Å². The fraction of sp³-hybridized carbons (Fsp3) is 0.0952. The molecule has 0 unspecified atom stereocenters. The van der Waals surface area contributed by atoms with Gasteiger partial charge in [-0.2, -0.15) is 0 Å². The SMILES string of the molecule is CCc1ccc2cc(-c3ccc4ccccc4c3)c(C=O)n2c1. The molecule has 2 heteroatoms. The Bertz CT molecular complexity index is 1030. The molecular formula is C21H17NO. The van der Waals surface area contributed by atoms with Gasteiger partial charge in [0.1, 0.15) is 0 Å². The van der Waals surface area contributed by atoms with E-state index < -0.39 is 0 Å². The summed E-state index contributed by atoms with van der Waals surface area (Å²) in [6.45, 7) is 2.12. The van der Waals surface area contributed by atoms with E-state index in [4.69, 9.17) is 0 Å². The molecule has 0 atom stereocenters. The zero-order valence-electron chi connectivity index (χ0n) is 13.0. The molecule has 0 bridgehead atoms. The number of fused-ring (bicyclic) bond motifs is 2. The molecule has 4 rings (SSSR count). The van der Waals surface area contributed by atoms with Crippen LogP contribution in [-0.4, -0.2) is 10.7 Å². The Balaban J connectivity index is 1.97. The van der Waals surface area contributed by atoms with Crippen molar-refractivity contribution in [1.82, 2.24) is 4.40 Å². The average Bonchev–Trinajstić information content (AvgIpc) is 2.98. The molecule has 0 amide bonds. The van der Waals surface area contributed by atoms with Gasteiger partial charge in [0.15, 0.2) is 6.29 Å². The smallest absolute Gasteiger partial charge is 0.167 e. The maximum absolute atomic E-state index is 11.7. The highest BCUT2D eigenvalue weighted by Crippen LogP contribution is 2.29. The number of carbonyl (C=O) groups is 1. The van der Waals surface area contributed by atoms with Crippen molar-refractivity contribution in [3.8, 4) is 11.1 Å². The van der Waals surface area contributed by atoms with Crippen LogP contribution in [0.3, 0.4) is 0 Å². The summed E-state index contributed by atoms with van der Waals surface area (Å²) in [5, 5.41) is 2.40. The van der Waals surface area contributed by atoms with Crippen molar-refractivity contribution in [3.05, 3.63) is 78.1 Å². The Hall–Kier alpha value is -2.87. The fourth-order valence-electron chi connectivity index (χ4n) is 3.15. The first-order valence-electron chi connectivity index (χ1n) is 7.88. The molecule has 0 saturated heterocycles. The lowest BCUT2D eigenvalue weighted by Crippen LogP contribution is -1.94. The molecule has 4 aromatic rings.